The lowest BCUT2D eigenvalue weighted by molar-refractivity contribution is -0.384. The molecule has 2 amide bonds. The largest absolute Gasteiger partial charge is 0.358 e. The van der Waals surface area contributed by atoms with Crippen molar-refractivity contribution in [1.29, 1.82) is 0 Å². The summed E-state index contributed by atoms with van der Waals surface area (Å²) in [5, 5.41) is 10.6. The zero-order chi connectivity index (χ0) is 16.8. The standard InChI is InChI=1S/C16H20N2O5/c1-2-3-4-11-23-15-10-9-14(19)17(15)16(20)12-5-7-13(8-6-12)18(21)22/h5-8,15H,2-4,9-11H2,1H3. The summed E-state index contributed by atoms with van der Waals surface area (Å²) in [6.45, 7) is 2.60. The van der Waals surface area contributed by atoms with Gasteiger partial charge < -0.3 is 4.74 Å². The molecule has 7 nitrogen and oxygen atoms in total. The Morgan fingerprint density at radius 1 is 1.35 bits per heavy atom. The summed E-state index contributed by atoms with van der Waals surface area (Å²) in [6.07, 6.45) is 3.22. The Bertz CT molecular complexity index is 585. The minimum atomic E-state index is -0.540. The molecule has 1 saturated heterocycles. The summed E-state index contributed by atoms with van der Waals surface area (Å²) in [7, 11) is 0. The lowest BCUT2D eigenvalue weighted by Crippen LogP contribution is -2.40. The number of nitro benzene ring substituents is 1. The van der Waals surface area contributed by atoms with Crippen molar-refractivity contribution >= 4 is 17.5 Å². The van der Waals surface area contributed by atoms with Crippen LogP contribution in [0.25, 0.3) is 0 Å². The van der Waals surface area contributed by atoms with Crippen molar-refractivity contribution in [3.63, 3.8) is 0 Å². The molecule has 1 aliphatic rings. The summed E-state index contributed by atoms with van der Waals surface area (Å²) >= 11 is 0. The van der Waals surface area contributed by atoms with Gasteiger partial charge in [0.05, 0.1) is 4.92 Å². The Hall–Kier alpha value is -2.28. The zero-order valence-corrected chi connectivity index (χ0v) is 13.1. The van der Waals surface area contributed by atoms with E-state index in [0.29, 0.717) is 13.0 Å². The monoisotopic (exact) mass is 320 g/mol. The summed E-state index contributed by atoms with van der Waals surface area (Å²) in [6, 6.07) is 5.23. The fourth-order valence-electron chi connectivity index (χ4n) is 2.50. The second-order valence-electron chi connectivity index (χ2n) is 5.44. The van der Waals surface area contributed by atoms with Crippen LogP contribution in [0, 0.1) is 10.1 Å². The molecule has 0 aromatic heterocycles. The highest BCUT2D eigenvalue weighted by Gasteiger charge is 2.37. The average Bonchev–Trinajstić information content (AvgIpc) is 2.91. The number of nitro groups is 1. The summed E-state index contributed by atoms with van der Waals surface area (Å²) in [4.78, 5) is 35.7. The van der Waals surface area contributed by atoms with E-state index in [2.05, 4.69) is 6.92 Å². The Kier molecular flexibility index (Phi) is 5.81. The minimum absolute atomic E-state index is 0.0957. The first-order valence-electron chi connectivity index (χ1n) is 7.77. The number of ether oxygens (including phenoxy) is 1. The molecule has 1 heterocycles. The van der Waals surface area contributed by atoms with Gasteiger partial charge in [0.25, 0.3) is 11.6 Å². The third-order valence-electron chi connectivity index (χ3n) is 3.76. The van der Waals surface area contributed by atoms with Gasteiger partial charge in [-0.2, -0.15) is 0 Å². The molecule has 23 heavy (non-hydrogen) atoms. The van der Waals surface area contributed by atoms with E-state index in [-0.39, 0.29) is 23.6 Å². The van der Waals surface area contributed by atoms with Crippen LogP contribution < -0.4 is 0 Å². The third-order valence-corrected chi connectivity index (χ3v) is 3.76. The van der Waals surface area contributed by atoms with Crippen molar-refractivity contribution in [2.45, 2.75) is 45.3 Å². The van der Waals surface area contributed by atoms with Crippen LogP contribution in [-0.4, -0.2) is 34.5 Å². The highest BCUT2D eigenvalue weighted by molar-refractivity contribution is 6.05. The van der Waals surface area contributed by atoms with Crippen LogP contribution in [0.1, 0.15) is 49.4 Å². The maximum atomic E-state index is 12.5. The number of hydrogen-bond acceptors (Lipinski definition) is 5. The normalized spacial score (nSPS) is 17.5. The lowest BCUT2D eigenvalue weighted by Gasteiger charge is -2.23. The van der Waals surface area contributed by atoms with E-state index >= 15 is 0 Å². The van der Waals surface area contributed by atoms with Gasteiger partial charge in [0, 0.05) is 37.1 Å². The first kappa shape index (κ1) is 17.1. The predicted molar refractivity (Wildman–Crippen MR) is 82.8 cm³/mol. The molecule has 1 atom stereocenters. The first-order chi connectivity index (χ1) is 11.0. The fraction of sp³-hybridized carbons (Fsp3) is 0.500. The van der Waals surface area contributed by atoms with Crippen LogP contribution in [0.15, 0.2) is 24.3 Å². The minimum Gasteiger partial charge on any atom is -0.358 e. The van der Waals surface area contributed by atoms with Gasteiger partial charge in [-0.05, 0) is 18.6 Å². The number of amides is 2. The number of non-ortho nitro benzene ring substituents is 1. The van der Waals surface area contributed by atoms with E-state index in [9.17, 15) is 19.7 Å². The average molecular weight is 320 g/mol. The Balaban J connectivity index is 2.05. The molecule has 0 radical (unpaired) electrons. The van der Waals surface area contributed by atoms with Crippen LogP contribution in [0.2, 0.25) is 0 Å². The van der Waals surface area contributed by atoms with Gasteiger partial charge in [-0.3, -0.25) is 24.6 Å². The number of rotatable bonds is 7. The van der Waals surface area contributed by atoms with E-state index in [4.69, 9.17) is 4.74 Å². The van der Waals surface area contributed by atoms with Gasteiger partial charge in [0.2, 0.25) is 5.91 Å². The summed E-state index contributed by atoms with van der Waals surface area (Å²) < 4.78 is 5.67. The lowest BCUT2D eigenvalue weighted by atomic mass is 10.2. The van der Waals surface area contributed by atoms with E-state index in [0.717, 1.165) is 24.2 Å². The Labute approximate surface area is 134 Å². The highest BCUT2D eigenvalue weighted by Crippen LogP contribution is 2.23. The fourth-order valence-corrected chi connectivity index (χ4v) is 2.50. The second kappa shape index (κ2) is 7.82. The van der Waals surface area contributed by atoms with Gasteiger partial charge >= 0.3 is 0 Å². The molecule has 7 heteroatoms. The molecule has 1 fully saturated rings. The summed E-state index contributed by atoms with van der Waals surface area (Å²) in [5.41, 5.74) is 0.148. The number of nitrogens with zero attached hydrogens (tertiary/aromatic N) is 2. The number of hydrogen-bond donors (Lipinski definition) is 0. The maximum absolute atomic E-state index is 12.5. The molecule has 0 saturated carbocycles. The molecule has 1 aliphatic heterocycles. The summed E-state index contributed by atoms with van der Waals surface area (Å²) in [5.74, 6) is -0.739. The molecule has 2 rings (SSSR count). The second-order valence-corrected chi connectivity index (χ2v) is 5.44. The van der Waals surface area contributed by atoms with Crippen molar-refractivity contribution in [2.24, 2.45) is 0 Å². The SMILES string of the molecule is CCCCCOC1CCC(=O)N1C(=O)c1ccc([N+](=O)[O-])cc1. The number of likely N-dealkylation sites (tertiary alicyclic amines) is 1. The number of carbonyl (C=O) groups is 2. The molecule has 1 unspecified atom stereocenters. The number of benzene rings is 1. The Morgan fingerprint density at radius 3 is 2.65 bits per heavy atom. The number of unbranched alkanes of at least 4 members (excludes halogenated alkanes) is 2. The van der Waals surface area contributed by atoms with Crippen molar-refractivity contribution in [2.75, 3.05) is 6.61 Å². The van der Waals surface area contributed by atoms with E-state index < -0.39 is 17.1 Å². The van der Waals surface area contributed by atoms with Crippen LogP contribution in [0.5, 0.6) is 0 Å². The first-order valence-corrected chi connectivity index (χ1v) is 7.77. The maximum Gasteiger partial charge on any atom is 0.269 e. The zero-order valence-electron chi connectivity index (χ0n) is 13.1. The van der Waals surface area contributed by atoms with Gasteiger partial charge in [0.15, 0.2) is 0 Å². The molecule has 0 aliphatic carbocycles. The van der Waals surface area contributed by atoms with Crippen molar-refractivity contribution in [3.8, 4) is 0 Å². The van der Waals surface area contributed by atoms with Gasteiger partial charge in [-0.25, -0.2) is 0 Å². The smallest absolute Gasteiger partial charge is 0.269 e. The molecular weight excluding hydrogens is 300 g/mol. The quantitative estimate of drug-likeness (QED) is 0.333. The van der Waals surface area contributed by atoms with Gasteiger partial charge in [0.1, 0.15) is 6.23 Å². The van der Waals surface area contributed by atoms with Crippen LogP contribution in [-0.2, 0) is 9.53 Å². The molecular formula is C16H20N2O5. The van der Waals surface area contributed by atoms with Gasteiger partial charge in [-0.1, -0.05) is 19.8 Å². The van der Waals surface area contributed by atoms with E-state index in [1.165, 1.54) is 24.3 Å². The predicted octanol–water partition coefficient (Wildman–Crippen LogP) is 2.89. The molecule has 124 valence electrons. The Morgan fingerprint density at radius 2 is 2.04 bits per heavy atom. The van der Waals surface area contributed by atoms with E-state index in [1.54, 1.807) is 0 Å². The molecule has 0 N–H and O–H groups in total. The topological polar surface area (TPSA) is 89.8 Å². The number of carbonyl (C=O) groups excluding carboxylic acids is 2. The third kappa shape index (κ3) is 4.13. The number of imide groups is 1. The van der Waals surface area contributed by atoms with Crippen LogP contribution >= 0.6 is 0 Å². The van der Waals surface area contributed by atoms with Crippen molar-refractivity contribution < 1.29 is 19.2 Å². The molecule has 0 spiro atoms. The van der Waals surface area contributed by atoms with Crippen molar-refractivity contribution in [3.05, 3.63) is 39.9 Å². The molecule has 1 aromatic rings. The van der Waals surface area contributed by atoms with Crippen LogP contribution in [0.3, 0.4) is 0 Å². The molecule has 0 bridgehead atoms. The van der Waals surface area contributed by atoms with Gasteiger partial charge in [-0.15, -0.1) is 0 Å². The highest BCUT2D eigenvalue weighted by atomic mass is 16.6. The van der Waals surface area contributed by atoms with Crippen molar-refractivity contribution in [1.82, 2.24) is 4.90 Å². The molecule has 1 aromatic carbocycles. The van der Waals surface area contributed by atoms with Crippen LogP contribution in [0.4, 0.5) is 5.69 Å². The van der Waals surface area contributed by atoms with E-state index in [1.807, 2.05) is 0 Å².